The number of nitrogens with one attached hydrogen (secondary N) is 1. The summed E-state index contributed by atoms with van der Waals surface area (Å²) in [4.78, 5) is 29.8. The van der Waals surface area contributed by atoms with Gasteiger partial charge in [0.05, 0.1) is 12.1 Å². The zero-order valence-corrected chi connectivity index (χ0v) is 15.2. The van der Waals surface area contributed by atoms with E-state index in [1.54, 1.807) is 26.3 Å². The van der Waals surface area contributed by atoms with Gasteiger partial charge in [-0.3, -0.25) is 9.59 Å². The van der Waals surface area contributed by atoms with E-state index in [1.807, 2.05) is 16.7 Å². The molecule has 1 aliphatic heterocycles. The first-order valence-electron chi connectivity index (χ1n) is 8.86. The van der Waals surface area contributed by atoms with E-state index in [4.69, 9.17) is 9.26 Å². The van der Waals surface area contributed by atoms with Gasteiger partial charge in [-0.05, 0) is 25.0 Å². The molecule has 1 amide bonds. The van der Waals surface area contributed by atoms with Crippen molar-refractivity contribution in [3.63, 3.8) is 0 Å². The van der Waals surface area contributed by atoms with Gasteiger partial charge in [0.2, 0.25) is 11.3 Å². The molecular formula is C19H20N4O4. The second-order valence-corrected chi connectivity index (χ2v) is 6.62. The zero-order chi connectivity index (χ0) is 19.0. The Morgan fingerprint density at radius 3 is 3.11 bits per heavy atom. The van der Waals surface area contributed by atoms with Crippen molar-refractivity contribution in [1.29, 1.82) is 0 Å². The van der Waals surface area contributed by atoms with Gasteiger partial charge >= 0.3 is 0 Å². The van der Waals surface area contributed by atoms with Crippen molar-refractivity contribution < 1.29 is 14.1 Å². The van der Waals surface area contributed by atoms with E-state index in [2.05, 4.69) is 15.5 Å². The van der Waals surface area contributed by atoms with Crippen LogP contribution in [0.4, 0.5) is 0 Å². The molecule has 0 radical (unpaired) electrons. The van der Waals surface area contributed by atoms with Crippen LogP contribution in [-0.2, 0) is 24.1 Å². The summed E-state index contributed by atoms with van der Waals surface area (Å²) in [6, 6.07) is 5.13. The largest absolute Gasteiger partial charge is 0.384 e. The Kier molecular flexibility index (Phi) is 4.49. The third-order valence-electron chi connectivity index (χ3n) is 4.78. The standard InChI is InChI=1S/C19H20N4O4/c1-11(19-21-15(22-27-19)7-9-26-2)20-18(25)14-10-23-8-6-12-4-3-5-13(16(12)23)17(14)24/h3-5,10-11H,6-9H2,1-2H3,(H,20,25). The first kappa shape index (κ1) is 17.4. The number of methoxy groups -OCH3 is 1. The first-order chi connectivity index (χ1) is 13.1. The average Bonchev–Trinajstić information content (AvgIpc) is 3.30. The van der Waals surface area contributed by atoms with E-state index in [9.17, 15) is 9.59 Å². The maximum atomic E-state index is 12.8. The molecule has 1 N–H and O–H groups in total. The summed E-state index contributed by atoms with van der Waals surface area (Å²) >= 11 is 0. The summed E-state index contributed by atoms with van der Waals surface area (Å²) in [5, 5.41) is 7.21. The molecule has 3 heterocycles. The number of pyridine rings is 1. The molecule has 1 unspecified atom stereocenters. The number of benzene rings is 1. The molecule has 4 rings (SSSR count). The highest BCUT2D eigenvalue weighted by Crippen LogP contribution is 2.24. The maximum absolute atomic E-state index is 12.8. The van der Waals surface area contributed by atoms with Gasteiger partial charge in [-0.25, -0.2) is 0 Å². The Hall–Kier alpha value is -3.00. The van der Waals surface area contributed by atoms with E-state index in [0.717, 1.165) is 24.0 Å². The Balaban J connectivity index is 1.58. The molecule has 0 aliphatic carbocycles. The normalized spacial score (nSPS) is 13.9. The van der Waals surface area contributed by atoms with Gasteiger partial charge in [-0.1, -0.05) is 17.3 Å². The van der Waals surface area contributed by atoms with Crippen molar-refractivity contribution in [2.45, 2.75) is 32.4 Å². The number of ether oxygens (including phenoxy) is 1. The molecule has 0 saturated heterocycles. The van der Waals surface area contributed by atoms with Crippen LogP contribution in [0.25, 0.3) is 10.9 Å². The molecule has 1 aliphatic rings. The predicted molar refractivity (Wildman–Crippen MR) is 97.7 cm³/mol. The molecular weight excluding hydrogens is 348 g/mol. The lowest BCUT2D eigenvalue weighted by Gasteiger charge is -2.11. The summed E-state index contributed by atoms with van der Waals surface area (Å²) in [6.07, 6.45) is 3.03. The van der Waals surface area contributed by atoms with E-state index >= 15 is 0 Å². The number of aromatic nitrogens is 3. The minimum atomic E-state index is -0.513. The molecule has 27 heavy (non-hydrogen) atoms. The van der Waals surface area contributed by atoms with Crippen molar-refractivity contribution in [2.75, 3.05) is 13.7 Å². The monoisotopic (exact) mass is 368 g/mol. The van der Waals surface area contributed by atoms with Crippen LogP contribution in [0.1, 0.15) is 40.6 Å². The van der Waals surface area contributed by atoms with Crippen LogP contribution in [-0.4, -0.2) is 34.3 Å². The minimum Gasteiger partial charge on any atom is -0.384 e. The number of carbonyl (C=O) groups excluding carboxylic acids is 1. The van der Waals surface area contributed by atoms with Gasteiger partial charge < -0.3 is 19.1 Å². The summed E-state index contributed by atoms with van der Waals surface area (Å²) in [6.45, 7) is 2.98. The number of hydrogen-bond donors (Lipinski definition) is 1. The van der Waals surface area contributed by atoms with Crippen LogP contribution in [0.3, 0.4) is 0 Å². The lowest BCUT2D eigenvalue weighted by Crippen LogP contribution is -2.31. The van der Waals surface area contributed by atoms with E-state index < -0.39 is 11.9 Å². The van der Waals surface area contributed by atoms with Gasteiger partial charge in [0.1, 0.15) is 11.6 Å². The Labute approximate surface area is 155 Å². The fraction of sp³-hybridized carbons (Fsp3) is 0.368. The van der Waals surface area contributed by atoms with E-state index in [1.165, 1.54) is 0 Å². The topological polar surface area (TPSA) is 99.3 Å². The molecule has 140 valence electrons. The Morgan fingerprint density at radius 2 is 2.30 bits per heavy atom. The highest BCUT2D eigenvalue weighted by atomic mass is 16.5. The van der Waals surface area contributed by atoms with E-state index in [-0.39, 0.29) is 11.0 Å². The van der Waals surface area contributed by atoms with Gasteiger partial charge in [-0.15, -0.1) is 0 Å². The van der Waals surface area contributed by atoms with Gasteiger partial charge in [-0.2, -0.15) is 4.98 Å². The fourth-order valence-corrected chi connectivity index (χ4v) is 3.39. The number of nitrogens with zero attached hydrogens (tertiary/aromatic N) is 3. The van der Waals surface area contributed by atoms with Gasteiger partial charge in [0.25, 0.3) is 5.91 Å². The van der Waals surface area contributed by atoms with Crippen molar-refractivity contribution in [3.8, 4) is 0 Å². The molecule has 2 aromatic heterocycles. The summed E-state index contributed by atoms with van der Waals surface area (Å²) in [7, 11) is 1.60. The van der Waals surface area contributed by atoms with Crippen molar-refractivity contribution in [1.82, 2.24) is 20.0 Å². The number of para-hydroxylation sites is 1. The lowest BCUT2D eigenvalue weighted by molar-refractivity contribution is 0.0931. The number of hydrogen-bond acceptors (Lipinski definition) is 6. The maximum Gasteiger partial charge on any atom is 0.257 e. The molecule has 0 fully saturated rings. The molecule has 0 bridgehead atoms. The van der Waals surface area contributed by atoms with Gasteiger partial charge in [0, 0.05) is 31.7 Å². The Bertz CT molecular complexity index is 1070. The van der Waals surface area contributed by atoms with Crippen LogP contribution in [0.2, 0.25) is 0 Å². The third-order valence-corrected chi connectivity index (χ3v) is 4.78. The average molecular weight is 368 g/mol. The highest BCUT2D eigenvalue weighted by molar-refractivity contribution is 5.98. The van der Waals surface area contributed by atoms with Crippen LogP contribution >= 0.6 is 0 Å². The summed E-state index contributed by atoms with van der Waals surface area (Å²) in [5.41, 5.74) is 1.92. The number of aryl methyl sites for hydroxylation is 2. The summed E-state index contributed by atoms with van der Waals surface area (Å²) < 4.78 is 12.2. The van der Waals surface area contributed by atoms with Crippen LogP contribution in [0.5, 0.6) is 0 Å². The molecule has 1 aromatic carbocycles. The Morgan fingerprint density at radius 1 is 1.44 bits per heavy atom. The molecule has 0 saturated carbocycles. The predicted octanol–water partition coefficient (Wildman–Crippen LogP) is 1.62. The number of rotatable bonds is 6. The molecule has 0 spiro atoms. The van der Waals surface area contributed by atoms with Crippen LogP contribution in [0, 0.1) is 0 Å². The molecule has 8 nitrogen and oxygen atoms in total. The minimum absolute atomic E-state index is 0.118. The third kappa shape index (κ3) is 3.12. The van der Waals surface area contributed by atoms with Crippen molar-refractivity contribution in [2.24, 2.45) is 0 Å². The van der Waals surface area contributed by atoms with Crippen LogP contribution in [0.15, 0.2) is 33.7 Å². The summed E-state index contributed by atoms with van der Waals surface area (Å²) in [5.74, 6) is 0.355. The van der Waals surface area contributed by atoms with E-state index in [0.29, 0.717) is 30.1 Å². The number of carbonyl (C=O) groups is 1. The second kappa shape index (κ2) is 6.96. The van der Waals surface area contributed by atoms with Gasteiger partial charge in [0.15, 0.2) is 5.82 Å². The molecule has 1 atom stereocenters. The molecule has 3 aromatic rings. The lowest BCUT2D eigenvalue weighted by atomic mass is 10.1. The number of amides is 1. The van der Waals surface area contributed by atoms with Crippen molar-refractivity contribution >= 4 is 16.8 Å². The second-order valence-electron chi connectivity index (χ2n) is 6.62. The smallest absolute Gasteiger partial charge is 0.257 e. The van der Waals surface area contributed by atoms with Crippen molar-refractivity contribution in [3.05, 3.63) is 57.5 Å². The van der Waals surface area contributed by atoms with Crippen LogP contribution < -0.4 is 10.7 Å². The fourth-order valence-electron chi connectivity index (χ4n) is 3.39. The quantitative estimate of drug-likeness (QED) is 0.710. The first-order valence-corrected chi connectivity index (χ1v) is 8.86. The highest BCUT2D eigenvalue weighted by Gasteiger charge is 2.23. The zero-order valence-electron chi connectivity index (χ0n) is 15.2. The SMILES string of the molecule is COCCc1noc(C(C)NC(=O)c2cn3c4c(cccc4c2=O)CC3)n1. The molecule has 8 heteroatoms.